The number of aliphatic hydroxyl groups is 1. The van der Waals surface area contributed by atoms with Crippen LogP contribution in [0.4, 0.5) is 10.1 Å². The lowest BCUT2D eigenvalue weighted by atomic mass is 10.2. The number of hydrogen-bond donors (Lipinski definition) is 1. The highest BCUT2D eigenvalue weighted by Crippen LogP contribution is 2.22. The molecular weight excluding hydrogens is 185 g/mol. The van der Waals surface area contributed by atoms with Gasteiger partial charge in [-0.15, -0.1) is 0 Å². The number of rotatable bonds is 4. The molecule has 14 heavy (non-hydrogen) atoms. The van der Waals surface area contributed by atoms with Gasteiger partial charge in [0, 0.05) is 25.3 Å². The molecule has 1 rings (SSSR count). The SMILES string of the molecule is COc1ccc(N(C)CCO)cc1F. The summed E-state index contributed by atoms with van der Waals surface area (Å²) in [6.45, 7) is 0.524. The van der Waals surface area contributed by atoms with Gasteiger partial charge in [0.2, 0.25) is 0 Å². The van der Waals surface area contributed by atoms with Crippen molar-refractivity contribution in [2.75, 3.05) is 32.2 Å². The quantitative estimate of drug-likeness (QED) is 0.792. The monoisotopic (exact) mass is 199 g/mol. The van der Waals surface area contributed by atoms with Crippen molar-refractivity contribution in [2.24, 2.45) is 0 Å². The summed E-state index contributed by atoms with van der Waals surface area (Å²) in [5, 5.41) is 8.71. The molecule has 0 saturated carbocycles. The number of hydrogen-bond acceptors (Lipinski definition) is 3. The van der Waals surface area contributed by atoms with Gasteiger partial charge in [0.1, 0.15) is 0 Å². The fourth-order valence-electron chi connectivity index (χ4n) is 1.17. The summed E-state index contributed by atoms with van der Waals surface area (Å²) in [5.41, 5.74) is 0.720. The molecule has 0 heterocycles. The van der Waals surface area contributed by atoms with Crippen molar-refractivity contribution < 1.29 is 14.2 Å². The fourth-order valence-corrected chi connectivity index (χ4v) is 1.17. The predicted octanol–water partition coefficient (Wildman–Crippen LogP) is 1.26. The standard InChI is InChI=1S/C10H14FNO2/c1-12(5-6-13)8-3-4-10(14-2)9(11)7-8/h3-4,7,13H,5-6H2,1-2H3. The molecule has 0 unspecified atom stereocenters. The van der Waals surface area contributed by atoms with Crippen LogP contribution in [0.25, 0.3) is 0 Å². The average Bonchev–Trinajstić information content (AvgIpc) is 2.18. The third-order valence-electron chi connectivity index (χ3n) is 2.01. The van der Waals surface area contributed by atoms with Gasteiger partial charge >= 0.3 is 0 Å². The van der Waals surface area contributed by atoms with Crippen molar-refractivity contribution in [3.8, 4) is 5.75 Å². The van der Waals surface area contributed by atoms with Crippen LogP contribution in [-0.2, 0) is 0 Å². The predicted molar refractivity (Wildman–Crippen MR) is 53.3 cm³/mol. The van der Waals surface area contributed by atoms with Crippen LogP contribution in [0.5, 0.6) is 5.75 Å². The Hall–Kier alpha value is -1.29. The minimum absolute atomic E-state index is 0.0458. The Morgan fingerprint density at radius 2 is 2.21 bits per heavy atom. The third kappa shape index (κ3) is 2.35. The van der Waals surface area contributed by atoms with Crippen molar-refractivity contribution >= 4 is 5.69 Å². The van der Waals surface area contributed by atoms with Crippen LogP contribution in [0.3, 0.4) is 0 Å². The summed E-state index contributed by atoms with van der Waals surface area (Å²) in [5.74, 6) is -0.166. The van der Waals surface area contributed by atoms with Gasteiger partial charge in [-0.05, 0) is 12.1 Å². The number of ether oxygens (including phenoxy) is 1. The number of methoxy groups -OCH3 is 1. The number of aliphatic hydroxyl groups excluding tert-OH is 1. The largest absolute Gasteiger partial charge is 0.494 e. The molecule has 0 bridgehead atoms. The van der Waals surface area contributed by atoms with Crippen molar-refractivity contribution in [1.29, 1.82) is 0 Å². The second-order valence-corrected chi connectivity index (χ2v) is 2.96. The second-order valence-electron chi connectivity index (χ2n) is 2.96. The van der Waals surface area contributed by atoms with E-state index in [1.54, 1.807) is 24.1 Å². The molecule has 1 aromatic carbocycles. The molecule has 78 valence electrons. The number of benzene rings is 1. The Balaban J connectivity index is 2.85. The van der Waals surface area contributed by atoms with E-state index >= 15 is 0 Å². The van der Waals surface area contributed by atoms with Crippen LogP contribution in [0, 0.1) is 5.82 Å². The van der Waals surface area contributed by atoms with Gasteiger partial charge in [-0.25, -0.2) is 4.39 Å². The molecule has 0 fully saturated rings. The molecule has 0 aliphatic rings. The first-order valence-corrected chi connectivity index (χ1v) is 4.34. The Labute approximate surface area is 82.7 Å². The maximum absolute atomic E-state index is 13.2. The smallest absolute Gasteiger partial charge is 0.167 e. The molecule has 0 spiro atoms. The van der Waals surface area contributed by atoms with Gasteiger partial charge in [-0.1, -0.05) is 0 Å². The van der Waals surface area contributed by atoms with Crippen molar-refractivity contribution in [2.45, 2.75) is 0 Å². The minimum Gasteiger partial charge on any atom is -0.494 e. The van der Waals surface area contributed by atoms with Gasteiger partial charge < -0.3 is 14.7 Å². The van der Waals surface area contributed by atoms with Crippen LogP contribution in [0.1, 0.15) is 0 Å². The van der Waals surface area contributed by atoms with E-state index in [4.69, 9.17) is 9.84 Å². The zero-order chi connectivity index (χ0) is 10.6. The maximum atomic E-state index is 13.2. The lowest BCUT2D eigenvalue weighted by Crippen LogP contribution is -2.21. The zero-order valence-corrected chi connectivity index (χ0v) is 8.33. The lowest BCUT2D eigenvalue weighted by molar-refractivity contribution is 0.304. The third-order valence-corrected chi connectivity index (χ3v) is 2.01. The van der Waals surface area contributed by atoms with Crippen LogP contribution in [0.2, 0.25) is 0 Å². The molecule has 0 saturated heterocycles. The lowest BCUT2D eigenvalue weighted by Gasteiger charge is -2.18. The Morgan fingerprint density at radius 1 is 1.50 bits per heavy atom. The summed E-state index contributed by atoms with van der Waals surface area (Å²) in [6.07, 6.45) is 0. The van der Waals surface area contributed by atoms with E-state index in [0.29, 0.717) is 6.54 Å². The molecule has 4 heteroatoms. The van der Waals surface area contributed by atoms with Crippen LogP contribution < -0.4 is 9.64 Å². The first-order valence-electron chi connectivity index (χ1n) is 4.34. The average molecular weight is 199 g/mol. The molecule has 3 nitrogen and oxygen atoms in total. The first-order chi connectivity index (χ1) is 6.69. The number of nitrogens with zero attached hydrogens (tertiary/aromatic N) is 1. The summed E-state index contributed by atoms with van der Waals surface area (Å²) in [6, 6.07) is 4.70. The first kappa shape index (κ1) is 10.8. The maximum Gasteiger partial charge on any atom is 0.167 e. The molecule has 0 atom stereocenters. The van der Waals surface area contributed by atoms with E-state index in [1.807, 2.05) is 0 Å². The topological polar surface area (TPSA) is 32.7 Å². The summed E-state index contributed by atoms with van der Waals surface area (Å²) < 4.78 is 18.0. The van der Waals surface area contributed by atoms with E-state index in [-0.39, 0.29) is 12.4 Å². The van der Waals surface area contributed by atoms with Gasteiger partial charge in [0.25, 0.3) is 0 Å². The number of anilines is 1. The van der Waals surface area contributed by atoms with Gasteiger partial charge in [-0.3, -0.25) is 0 Å². The van der Waals surface area contributed by atoms with Crippen LogP contribution in [-0.4, -0.2) is 32.4 Å². The van der Waals surface area contributed by atoms with Gasteiger partial charge in [0.15, 0.2) is 11.6 Å². The molecule has 0 aliphatic carbocycles. The van der Waals surface area contributed by atoms with Crippen molar-refractivity contribution in [3.63, 3.8) is 0 Å². The van der Waals surface area contributed by atoms with E-state index in [0.717, 1.165) is 5.69 Å². The van der Waals surface area contributed by atoms with E-state index < -0.39 is 5.82 Å². The van der Waals surface area contributed by atoms with Crippen molar-refractivity contribution in [1.82, 2.24) is 0 Å². The number of halogens is 1. The fraction of sp³-hybridized carbons (Fsp3) is 0.400. The van der Waals surface area contributed by atoms with E-state index in [9.17, 15) is 4.39 Å². The molecule has 0 amide bonds. The minimum atomic E-state index is -0.394. The molecule has 0 radical (unpaired) electrons. The van der Waals surface area contributed by atoms with E-state index in [2.05, 4.69) is 0 Å². The number of likely N-dealkylation sites (N-methyl/N-ethyl adjacent to an activating group) is 1. The molecule has 1 aromatic rings. The highest BCUT2D eigenvalue weighted by Gasteiger charge is 2.05. The zero-order valence-electron chi connectivity index (χ0n) is 8.33. The van der Waals surface area contributed by atoms with Gasteiger partial charge in [0.05, 0.1) is 13.7 Å². The Bertz CT molecular complexity index is 304. The highest BCUT2D eigenvalue weighted by atomic mass is 19.1. The normalized spacial score (nSPS) is 10.0. The van der Waals surface area contributed by atoms with Crippen molar-refractivity contribution in [3.05, 3.63) is 24.0 Å². The molecule has 0 aromatic heterocycles. The Kier molecular flexibility index (Phi) is 3.71. The summed E-state index contributed by atoms with van der Waals surface area (Å²) >= 11 is 0. The van der Waals surface area contributed by atoms with Crippen LogP contribution in [0.15, 0.2) is 18.2 Å². The highest BCUT2D eigenvalue weighted by molar-refractivity contribution is 5.49. The van der Waals surface area contributed by atoms with E-state index in [1.165, 1.54) is 13.2 Å². The molecule has 0 aliphatic heterocycles. The van der Waals surface area contributed by atoms with Gasteiger partial charge in [-0.2, -0.15) is 0 Å². The van der Waals surface area contributed by atoms with Crippen LogP contribution >= 0.6 is 0 Å². The summed E-state index contributed by atoms with van der Waals surface area (Å²) in [7, 11) is 3.22. The Morgan fingerprint density at radius 3 is 2.71 bits per heavy atom. The second kappa shape index (κ2) is 4.81. The summed E-state index contributed by atoms with van der Waals surface area (Å²) in [4.78, 5) is 1.77. The molecular formula is C10H14FNO2. The molecule has 1 N–H and O–H groups in total.